The fourth-order valence-corrected chi connectivity index (χ4v) is 7.33. The van der Waals surface area contributed by atoms with E-state index in [1.54, 1.807) is 5.57 Å². The number of hydrogen-bond acceptors (Lipinski definition) is 2. The van der Waals surface area contributed by atoms with Gasteiger partial charge in [0, 0.05) is 0 Å². The van der Waals surface area contributed by atoms with Gasteiger partial charge in [-0.1, -0.05) is 32.4 Å². The van der Waals surface area contributed by atoms with Crippen LogP contribution in [0.25, 0.3) is 0 Å². The van der Waals surface area contributed by atoms with Gasteiger partial charge in [0.1, 0.15) is 0 Å². The summed E-state index contributed by atoms with van der Waals surface area (Å²) < 4.78 is 0. The average molecular weight is 319 g/mol. The van der Waals surface area contributed by atoms with Crippen LogP contribution in [0.15, 0.2) is 11.6 Å². The van der Waals surface area contributed by atoms with Gasteiger partial charge in [-0.25, -0.2) is 0 Å². The lowest BCUT2D eigenvalue weighted by Gasteiger charge is -2.59. The molecule has 2 heteroatoms. The van der Waals surface area contributed by atoms with E-state index in [9.17, 15) is 10.2 Å². The Balaban J connectivity index is 1.68. The van der Waals surface area contributed by atoms with Crippen LogP contribution in [0.4, 0.5) is 0 Å². The van der Waals surface area contributed by atoms with Crippen LogP contribution in [0.5, 0.6) is 0 Å². The molecule has 0 aromatic heterocycles. The van der Waals surface area contributed by atoms with Crippen LogP contribution in [0.1, 0.15) is 78.6 Å². The highest BCUT2D eigenvalue weighted by Gasteiger charge is 2.62. The van der Waals surface area contributed by atoms with Gasteiger partial charge in [-0.2, -0.15) is 0 Å². The molecule has 130 valence electrons. The topological polar surface area (TPSA) is 40.5 Å². The molecular formula is C21H34O2. The van der Waals surface area contributed by atoms with E-state index in [0.29, 0.717) is 11.3 Å². The zero-order valence-corrected chi connectivity index (χ0v) is 15.1. The maximum absolute atomic E-state index is 11.2. The van der Waals surface area contributed by atoms with E-state index in [2.05, 4.69) is 26.8 Å². The van der Waals surface area contributed by atoms with E-state index >= 15 is 0 Å². The summed E-state index contributed by atoms with van der Waals surface area (Å²) in [6.45, 7) is 7.03. The van der Waals surface area contributed by atoms with Crippen molar-refractivity contribution in [2.24, 2.45) is 28.6 Å². The zero-order valence-electron chi connectivity index (χ0n) is 15.1. The largest absolute Gasteiger partial charge is 0.393 e. The smallest absolute Gasteiger partial charge is 0.0701 e. The van der Waals surface area contributed by atoms with Crippen molar-refractivity contribution >= 4 is 0 Å². The van der Waals surface area contributed by atoms with Crippen LogP contribution in [-0.4, -0.2) is 21.9 Å². The Morgan fingerprint density at radius 1 is 1.09 bits per heavy atom. The molecule has 0 aromatic carbocycles. The van der Waals surface area contributed by atoms with Crippen molar-refractivity contribution < 1.29 is 10.2 Å². The predicted molar refractivity (Wildman–Crippen MR) is 93.0 cm³/mol. The first-order valence-electron chi connectivity index (χ1n) is 9.94. The molecule has 3 fully saturated rings. The van der Waals surface area contributed by atoms with Crippen LogP contribution in [0, 0.1) is 28.6 Å². The Morgan fingerprint density at radius 3 is 2.57 bits per heavy atom. The molecule has 0 radical (unpaired) electrons. The normalized spacial score (nSPS) is 55.6. The van der Waals surface area contributed by atoms with Crippen molar-refractivity contribution in [3.8, 4) is 0 Å². The van der Waals surface area contributed by atoms with E-state index in [0.717, 1.165) is 43.9 Å². The fourth-order valence-electron chi connectivity index (χ4n) is 7.33. The maximum Gasteiger partial charge on any atom is 0.0701 e. The summed E-state index contributed by atoms with van der Waals surface area (Å²) in [5.74, 6) is 2.21. The van der Waals surface area contributed by atoms with Crippen molar-refractivity contribution in [3.63, 3.8) is 0 Å². The first kappa shape index (κ1) is 16.1. The highest BCUT2D eigenvalue weighted by atomic mass is 16.3. The molecule has 0 amide bonds. The summed E-state index contributed by atoms with van der Waals surface area (Å²) in [4.78, 5) is 0. The number of aliphatic hydroxyl groups excluding tert-OH is 1. The Morgan fingerprint density at radius 2 is 1.83 bits per heavy atom. The third kappa shape index (κ3) is 2.00. The van der Waals surface area contributed by atoms with Crippen molar-refractivity contribution in [1.82, 2.24) is 0 Å². The molecule has 23 heavy (non-hydrogen) atoms. The molecule has 0 unspecified atom stereocenters. The highest BCUT2D eigenvalue weighted by molar-refractivity contribution is 5.26. The molecule has 3 saturated carbocycles. The number of rotatable bonds is 1. The summed E-state index contributed by atoms with van der Waals surface area (Å²) in [6.07, 6.45) is 12.2. The quantitative estimate of drug-likeness (QED) is 0.701. The van der Waals surface area contributed by atoms with E-state index in [1.807, 2.05) is 0 Å². The van der Waals surface area contributed by atoms with Gasteiger partial charge in [-0.3, -0.25) is 0 Å². The lowest BCUT2D eigenvalue weighted by molar-refractivity contribution is -0.125. The minimum absolute atomic E-state index is 0.114. The Kier molecular flexibility index (Phi) is 3.57. The van der Waals surface area contributed by atoms with Gasteiger partial charge in [-0.05, 0) is 86.4 Å². The van der Waals surface area contributed by atoms with Gasteiger partial charge >= 0.3 is 0 Å². The number of fused-ring (bicyclic) bond motifs is 5. The Bertz CT molecular complexity index is 526. The van der Waals surface area contributed by atoms with E-state index in [4.69, 9.17) is 0 Å². The summed E-state index contributed by atoms with van der Waals surface area (Å²) >= 11 is 0. The Labute approximate surface area is 141 Å². The van der Waals surface area contributed by atoms with E-state index < -0.39 is 5.60 Å². The second-order valence-electron chi connectivity index (χ2n) is 9.54. The van der Waals surface area contributed by atoms with Crippen LogP contribution >= 0.6 is 0 Å². The van der Waals surface area contributed by atoms with Gasteiger partial charge in [0.2, 0.25) is 0 Å². The van der Waals surface area contributed by atoms with Crippen molar-refractivity contribution in [1.29, 1.82) is 0 Å². The highest BCUT2D eigenvalue weighted by Crippen LogP contribution is 2.67. The molecule has 4 aliphatic carbocycles. The number of hydrogen-bond donors (Lipinski definition) is 2. The van der Waals surface area contributed by atoms with Crippen LogP contribution in [-0.2, 0) is 0 Å². The van der Waals surface area contributed by atoms with Crippen molar-refractivity contribution in [3.05, 3.63) is 11.6 Å². The van der Waals surface area contributed by atoms with E-state index in [-0.39, 0.29) is 11.5 Å². The third-order valence-corrected chi connectivity index (χ3v) is 8.98. The van der Waals surface area contributed by atoms with Crippen molar-refractivity contribution in [2.45, 2.75) is 90.3 Å². The molecule has 4 aliphatic rings. The molecule has 4 rings (SSSR count). The first-order valence-corrected chi connectivity index (χ1v) is 9.94. The summed E-state index contributed by atoms with van der Waals surface area (Å²) in [7, 11) is 0. The maximum atomic E-state index is 11.2. The average Bonchev–Trinajstić information content (AvgIpc) is 2.80. The second kappa shape index (κ2) is 5.08. The van der Waals surface area contributed by atoms with Gasteiger partial charge in [0.15, 0.2) is 0 Å². The molecule has 7 atom stereocenters. The molecule has 0 heterocycles. The predicted octanol–water partition coefficient (Wildman–Crippen LogP) is 4.45. The van der Waals surface area contributed by atoms with Crippen LogP contribution < -0.4 is 0 Å². The molecule has 0 aliphatic heterocycles. The summed E-state index contributed by atoms with van der Waals surface area (Å²) in [6, 6.07) is 0. The first-order chi connectivity index (χ1) is 10.8. The lowest BCUT2D eigenvalue weighted by atomic mass is 9.47. The third-order valence-electron chi connectivity index (χ3n) is 8.98. The van der Waals surface area contributed by atoms with Crippen molar-refractivity contribution in [2.75, 3.05) is 0 Å². The standard InChI is InChI=1S/C21H34O2/c1-4-21(23)12-9-18-16-6-5-14-13-15(22)7-10-19(14,2)17(16)8-11-20(18,21)3/h5,15-18,22-23H,4,6-13H2,1-3H3/t15-,16-,17-,18-,19+,20+,21+/m1/s1. The minimum Gasteiger partial charge on any atom is -0.393 e. The minimum atomic E-state index is -0.434. The summed E-state index contributed by atoms with van der Waals surface area (Å²) in [5.41, 5.74) is 1.55. The van der Waals surface area contributed by atoms with Gasteiger partial charge in [0.05, 0.1) is 11.7 Å². The van der Waals surface area contributed by atoms with E-state index in [1.165, 1.54) is 25.7 Å². The molecule has 0 aromatic rings. The van der Waals surface area contributed by atoms with Crippen LogP contribution in [0.2, 0.25) is 0 Å². The Hall–Kier alpha value is -0.340. The lowest BCUT2D eigenvalue weighted by Crippen LogP contribution is -2.54. The molecular weight excluding hydrogens is 284 g/mol. The molecule has 0 spiro atoms. The SMILES string of the molecule is CC[C@]1(O)CC[C@@H]2[C@@H]3CC=C4C[C@H](O)CC[C@]4(C)[C@@H]3CC[C@@]21C. The molecule has 2 nitrogen and oxygen atoms in total. The van der Waals surface area contributed by atoms with Gasteiger partial charge in [0.25, 0.3) is 0 Å². The molecule has 0 bridgehead atoms. The number of allylic oxidation sites excluding steroid dienone is 1. The zero-order chi connectivity index (χ0) is 16.5. The van der Waals surface area contributed by atoms with Crippen LogP contribution in [0.3, 0.4) is 0 Å². The molecule has 0 saturated heterocycles. The molecule has 2 N–H and O–H groups in total. The number of aliphatic hydroxyl groups is 2. The van der Waals surface area contributed by atoms with Gasteiger partial charge < -0.3 is 10.2 Å². The summed E-state index contributed by atoms with van der Waals surface area (Å²) in [5, 5.41) is 21.3. The fraction of sp³-hybridized carbons (Fsp3) is 0.905. The second-order valence-corrected chi connectivity index (χ2v) is 9.54. The monoisotopic (exact) mass is 318 g/mol. The van der Waals surface area contributed by atoms with Gasteiger partial charge in [-0.15, -0.1) is 0 Å².